The lowest BCUT2D eigenvalue weighted by atomic mass is 10.0. The molecule has 100 valence electrons. The van der Waals surface area contributed by atoms with Gasteiger partial charge in [-0.2, -0.15) is 4.31 Å². The fourth-order valence-corrected chi connectivity index (χ4v) is 3.88. The Balaban J connectivity index is 2.59. The second-order valence-electron chi connectivity index (χ2n) is 4.34. The van der Waals surface area contributed by atoms with Crippen molar-refractivity contribution in [2.45, 2.75) is 12.8 Å². The van der Waals surface area contributed by atoms with Gasteiger partial charge in [-0.05, 0) is 31.8 Å². The number of rotatable bonds is 7. The fraction of sp³-hybridized carbons (Fsp3) is 0.818. The molecule has 1 rings (SSSR count). The van der Waals surface area contributed by atoms with E-state index in [4.69, 9.17) is 5.11 Å². The van der Waals surface area contributed by atoms with Gasteiger partial charge in [0.15, 0.2) is 0 Å². The fourth-order valence-electron chi connectivity index (χ4n) is 2.05. The van der Waals surface area contributed by atoms with Crippen LogP contribution in [-0.2, 0) is 10.0 Å². The SMILES string of the molecule is C=CCN(CCO)S(=O)(=O)CC1CCNCC1. The zero-order valence-corrected chi connectivity index (χ0v) is 11.0. The molecule has 0 spiro atoms. The molecule has 0 aromatic carbocycles. The van der Waals surface area contributed by atoms with Gasteiger partial charge in [0.25, 0.3) is 0 Å². The number of nitrogens with zero attached hydrogens (tertiary/aromatic N) is 1. The maximum Gasteiger partial charge on any atom is 0.214 e. The van der Waals surface area contributed by atoms with Gasteiger partial charge in [-0.25, -0.2) is 8.42 Å². The average molecular weight is 262 g/mol. The van der Waals surface area contributed by atoms with Crippen molar-refractivity contribution in [2.24, 2.45) is 5.92 Å². The van der Waals surface area contributed by atoms with Crippen molar-refractivity contribution in [1.29, 1.82) is 0 Å². The molecule has 1 heterocycles. The van der Waals surface area contributed by atoms with Crippen LogP contribution in [0.15, 0.2) is 12.7 Å². The van der Waals surface area contributed by atoms with E-state index in [0.717, 1.165) is 25.9 Å². The topological polar surface area (TPSA) is 69.6 Å². The highest BCUT2D eigenvalue weighted by Gasteiger charge is 2.26. The molecule has 0 atom stereocenters. The minimum Gasteiger partial charge on any atom is -0.395 e. The smallest absolute Gasteiger partial charge is 0.214 e. The Morgan fingerprint density at radius 2 is 2.06 bits per heavy atom. The molecule has 0 amide bonds. The zero-order chi connectivity index (χ0) is 12.7. The highest BCUT2D eigenvalue weighted by atomic mass is 32.2. The van der Waals surface area contributed by atoms with E-state index in [-0.39, 0.29) is 31.4 Å². The second-order valence-corrected chi connectivity index (χ2v) is 6.36. The van der Waals surface area contributed by atoms with Crippen LogP contribution in [0.25, 0.3) is 0 Å². The monoisotopic (exact) mass is 262 g/mol. The Bertz CT molecular complexity index is 324. The van der Waals surface area contributed by atoms with Crippen LogP contribution in [0.1, 0.15) is 12.8 Å². The third kappa shape index (κ3) is 4.75. The Labute approximate surface area is 104 Å². The maximum absolute atomic E-state index is 12.1. The molecule has 17 heavy (non-hydrogen) atoms. The first-order chi connectivity index (χ1) is 8.10. The summed E-state index contributed by atoms with van der Waals surface area (Å²) < 4.78 is 25.6. The molecule has 0 unspecified atom stereocenters. The Morgan fingerprint density at radius 3 is 2.59 bits per heavy atom. The number of aliphatic hydroxyl groups is 1. The molecule has 0 bridgehead atoms. The Morgan fingerprint density at radius 1 is 1.41 bits per heavy atom. The molecule has 0 aromatic heterocycles. The molecule has 5 nitrogen and oxygen atoms in total. The molecule has 1 saturated heterocycles. The number of piperidine rings is 1. The maximum atomic E-state index is 12.1. The van der Waals surface area contributed by atoms with Crippen molar-refractivity contribution < 1.29 is 13.5 Å². The predicted octanol–water partition coefficient (Wildman–Crippen LogP) is -0.204. The summed E-state index contributed by atoms with van der Waals surface area (Å²) in [7, 11) is -3.27. The van der Waals surface area contributed by atoms with Crippen LogP contribution in [0.3, 0.4) is 0 Å². The summed E-state index contributed by atoms with van der Waals surface area (Å²) in [5.74, 6) is 0.412. The van der Waals surface area contributed by atoms with E-state index in [0.29, 0.717) is 0 Å². The van der Waals surface area contributed by atoms with Gasteiger partial charge in [0, 0.05) is 13.1 Å². The van der Waals surface area contributed by atoms with Crippen molar-refractivity contribution in [2.75, 3.05) is 38.5 Å². The number of nitrogens with one attached hydrogen (secondary N) is 1. The van der Waals surface area contributed by atoms with Gasteiger partial charge in [-0.15, -0.1) is 6.58 Å². The lowest BCUT2D eigenvalue weighted by Gasteiger charge is -2.26. The van der Waals surface area contributed by atoms with Crippen LogP contribution < -0.4 is 5.32 Å². The first-order valence-corrected chi connectivity index (χ1v) is 7.61. The van der Waals surface area contributed by atoms with E-state index in [2.05, 4.69) is 11.9 Å². The largest absolute Gasteiger partial charge is 0.395 e. The first-order valence-electron chi connectivity index (χ1n) is 6.00. The van der Waals surface area contributed by atoms with Gasteiger partial charge in [0.05, 0.1) is 12.4 Å². The molecule has 0 saturated carbocycles. The van der Waals surface area contributed by atoms with E-state index >= 15 is 0 Å². The van der Waals surface area contributed by atoms with Crippen LogP contribution >= 0.6 is 0 Å². The molecular formula is C11H22N2O3S. The summed E-state index contributed by atoms with van der Waals surface area (Å²) in [6.07, 6.45) is 3.36. The minimum atomic E-state index is -3.27. The van der Waals surface area contributed by atoms with Crippen molar-refractivity contribution in [1.82, 2.24) is 9.62 Å². The number of sulfonamides is 1. The first kappa shape index (κ1) is 14.6. The second kappa shape index (κ2) is 7.10. The summed E-state index contributed by atoms with van der Waals surface area (Å²) in [4.78, 5) is 0. The van der Waals surface area contributed by atoms with Gasteiger partial charge in [-0.3, -0.25) is 0 Å². The number of aliphatic hydroxyl groups excluding tert-OH is 1. The number of hydrogen-bond donors (Lipinski definition) is 2. The van der Waals surface area contributed by atoms with Crippen LogP contribution in [0.5, 0.6) is 0 Å². The van der Waals surface area contributed by atoms with Crippen molar-refractivity contribution in [3.63, 3.8) is 0 Å². The van der Waals surface area contributed by atoms with Crippen molar-refractivity contribution >= 4 is 10.0 Å². The van der Waals surface area contributed by atoms with Crippen LogP contribution in [0.2, 0.25) is 0 Å². The van der Waals surface area contributed by atoms with E-state index in [1.165, 1.54) is 4.31 Å². The highest BCUT2D eigenvalue weighted by molar-refractivity contribution is 7.89. The van der Waals surface area contributed by atoms with Crippen LogP contribution in [0.4, 0.5) is 0 Å². The standard InChI is InChI=1S/C11H22N2O3S/c1-2-7-13(8-9-14)17(15,16)10-11-3-5-12-6-4-11/h2,11-12,14H,1,3-10H2. The number of hydrogen-bond acceptors (Lipinski definition) is 4. The molecule has 1 fully saturated rings. The predicted molar refractivity (Wildman–Crippen MR) is 68.2 cm³/mol. The third-order valence-corrected chi connectivity index (χ3v) is 4.99. The minimum absolute atomic E-state index is 0.152. The molecule has 2 N–H and O–H groups in total. The molecule has 0 aliphatic carbocycles. The van der Waals surface area contributed by atoms with E-state index < -0.39 is 10.0 Å². The lowest BCUT2D eigenvalue weighted by molar-refractivity contribution is 0.259. The molecule has 0 aromatic rings. The zero-order valence-electron chi connectivity index (χ0n) is 10.1. The van der Waals surface area contributed by atoms with Crippen LogP contribution in [-0.4, -0.2) is 56.4 Å². The average Bonchev–Trinajstić information content (AvgIpc) is 2.29. The van der Waals surface area contributed by atoms with E-state index in [9.17, 15) is 8.42 Å². The normalized spacial score (nSPS) is 18.5. The van der Waals surface area contributed by atoms with Gasteiger partial charge in [0.1, 0.15) is 0 Å². The molecule has 1 aliphatic heterocycles. The van der Waals surface area contributed by atoms with E-state index in [1.54, 1.807) is 6.08 Å². The quantitative estimate of drug-likeness (QED) is 0.623. The van der Waals surface area contributed by atoms with Gasteiger partial charge >= 0.3 is 0 Å². The van der Waals surface area contributed by atoms with Crippen molar-refractivity contribution in [3.05, 3.63) is 12.7 Å². The summed E-state index contributed by atoms with van der Waals surface area (Å²) >= 11 is 0. The highest BCUT2D eigenvalue weighted by Crippen LogP contribution is 2.16. The van der Waals surface area contributed by atoms with E-state index in [1.807, 2.05) is 0 Å². The Hall–Kier alpha value is -0.430. The van der Waals surface area contributed by atoms with Gasteiger partial charge < -0.3 is 10.4 Å². The summed E-state index contributed by atoms with van der Waals surface area (Å²) in [6.45, 7) is 5.60. The molecule has 0 radical (unpaired) electrons. The van der Waals surface area contributed by atoms with Crippen LogP contribution in [0, 0.1) is 5.92 Å². The summed E-state index contributed by atoms with van der Waals surface area (Å²) in [5.41, 5.74) is 0. The Kier molecular flexibility index (Phi) is 6.11. The summed E-state index contributed by atoms with van der Waals surface area (Å²) in [6, 6.07) is 0. The lowest BCUT2D eigenvalue weighted by Crippen LogP contribution is -2.39. The molecule has 1 aliphatic rings. The third-order valence-electron chi connectivity index (χ3n) is 2.98. The molecule has 6 heteroatoms. The molecular weight excluding hydrogens is 240 g/mol. The van der Waals surface area contributed by atoms with Crippen molar-refractivity contribution in [3.8, 4) is 0 Å². The summed E-state index contributed by atoms with van der Waals surface area (Å²) in [5, 5.41) is 12.1. The van der Waals surface area contributed by atoms with Gasteiger partial charge in [-0.1, -0.05) is 6.08 Å². The van der Waals surface area contributed by atoms with Gasteiger partial charge in [0.2, 0.25) is 10.0 Å².